The second-order valence-electron chi connectivity index (χ2n) is 7.53. The molecule has 0 radical (unpaired) electrons. The largest absolute Gasteiger partial charge is 0.478 e. The molecule has 1 aliphatic carbocycles. The van der Waals surface area contributed by atoms with Gasteiger partial charge >= 0.3 is 5.97 Å². The fraction of sp³-hybridized carbons (Fsp3) is 0.125. The van der Waals surface area contributed by atoms with Gasteiger partial charge in [-0.15, -0.1) is 0 Å². The Morgan fingerprint density at radius 3 is 2.68 bits per heavy atom. The number of carboxylic acids is 1. The first-order valence-corrected chi connectivity index (χ1v) is 9.82. The quantitative estimate of drug-likeness (QED) is 0.525. The molecule has 2 aromatic heterocycles. The minimum absolute atomic E-state index is 0.266. The highest BCUT2D eigenvalue weighted by Crippen LogP contribution is 2.38. The summed E-state index contributed by atoms with van der Waals surface area (Å²) in [6.45, 7) is 0. The molecule has 2 heterocycles. The van der Waals surface area contributed by atoms with Gasteiger partial charge in [0.25, 0.3) is 0 Å². The number of fused-ring (bicyclic) bond motifs is 2. The second kappa shape index (κ2) is 7.05. The number of rotatable bonds is 4. The molecule has 5 rings (SSSR count). The van der Waals surface area contributed by atoms with Crippen molar-refractivity contribution in [3.63, 3.8) is 0 Å². The number of aryl methyl sites for hydroxylation is 1. The molecule has 0 spiro atoms. The highest BCUT2D eigenvalue weighted by atomic mass is 19.1. The Hall–Kier alpha value is -4.00. The van der Waals surface area contributed by atoms with E-state index >= 15 is 0 Å². The van der Waals surface area contributed by atoms with Crippen molar-refractivity contribution in [1.29, 1.82) is 0 Å². The normalized spacial score (nSPS) is 12.7. The highest BCUT2D eigenvalue weighted by molar-refractivity contribution is 6.04. The molecule has 2 aromatic carbocycles. The number of aromatic nitrogens is 3. The van der Waals surface area contributed by atoms with Gasteiger partial charge < -0.3 is 10.0 Å². The van der Waals surface area contributed by atoms with E-state index in [-0.39, 0.29) is 11.4 Å². The lowest BCUT2D eigenvalue weighted by Crippen LogP contribution is -2.11. The number of pyridine rings is 1. The van der Waals surface area contributed by atoms with Crippen molar-refractivity contribution in [3.05, 3.63) is 83.1 Å². The zero-order chi connectivity index (χ0) is 21.7. The topological polar surface area (TPSA) is 71.2 Å². The summed E-state index contributed by atoms with van der Waals surface area (Å²) in [7, 11) is 3.67. The standard InChI is InChI=1S/C24H19FN4O2/c1-28(20-8-4-3-7-18(20)25)21-9-5-6-16-22(21)27-29(2)23(16)14-12-17-15(24(30)31)10-11-26-19(17)13-14/h3-11,13H,12H2,1-2H3,(H,30,31). The van der Waals surface area contributed by atoms with E-state index in [0.717, 1.165) is 27.9 Å². The van der Waals surface area contributed by atoms with Gasteiger partial charge in [-0.3, -0.25) is 9.67 Å². The Morgan fingerprint density at radius 1 is 1.13 bits per heavy atom. The van der Waals surface area contributed by atoms with Crippen LogP contribution >= 0.6 is 0 Å². The van der Waals surface area contributed by atoms with Crippen molar-refractivity contribution in [3.8, 4) is 0 Å². The maximum absolute atomic E-state index is 14.4. The molecule has 0 atom stereocenters. The number of hydrogen-bond acceptors (Lipinski definition) is 4. The Morgan fingerprint density at radius 2 is 1.90 bits per heavy atom. The van der Waals surface area contributed by atoms with Crippen molar-refractivity contribution in [2.75, 3.05) is 11.9 Å². The third kappa shape index (κ3) is 2.97. The van der Waals surface area contributed by atoms with E-state index in [1.807, 2.05) is 38.4 Å². The van der Waals surface area contributed by atoms with E-state index in [0.29, 0.717) is 23.4 Å². The molecule has 6 nitrogen and oxygen atoms in total. The van der Waals surface area contributed by atoms with E-state index in [1.54, 1.807) is 27.8 Å². The molecular weight excluding hydrogens is 395 g/mol. The molecule has 0 fully saturated rings. The first kappa shape index (κ1) is 19.0. The molecule has 0 saturated heterocycles. The molecule has 4 aromatic rings. The average Bonchev–Trinajstić information content (AvgIpc) is 3.32. The molecular formula is C24H19FN4O2. The first-order chi connectivity index (χ1) is 15.0. The van der Waals surface area contributed by atoms with Crippen LogP contribution in [0.2, 0.25) is 0 Å². The van der Waals surface area contributed by atoms with E-state index in [1.165, 1.54) is 18.3 Å². The smallest absolute Gasteiger partial charge is 0.336 e. The summed E-state index contributed by atoms with van der Waals surface area (Å²) >= 11 is 0. The maximum atomic E-state index is 14.4. The number of anilines is 2. The van der Waals surface area contributed by atoms with Crippen LogP contribution in [0.1, 0.15) is 27.3 Å². The van der Waals surface area contributed by atoms with Crippen LogP contribution in [0, 0.1) is 5.82 Å². The number of carbonyl (C=O) groups is 1. The molecule has 0 amide bonds. The Kier molecular flexibility index (Phi) is 4.32. The summed E-state index contributed by atoms with van der Waals surface area (Å²) in [6, 6.07) is 14.0. The summed E-state index contributed by atoms with van der Waals surface area (Å²) in [4.78, 5) is 17.7. The molecule has 1 N–H and O–H groups in total. The van der Waals surface area contributed by atoms with E-state index in [9.17, 15) is 14.3 Å². The van der Waals surface area contributed by atoms with Crippen LogP contribution in [0.3, 0.4) is 0 Å². The Bertz CT molecular complexity index is 1390. The van der Waals surface area contributed by atoms with Gasteiger partial charge in [-0.05, 0) is 41.5 Å². The molecule has 154 valence electrons. The number of aromatic carboxylic acids is 1. The molecule has 0 bridgehead atoms. The summed E-state index contributed by atoms with van der Waals surface area (Å²) in [6.07, 6.45) is 3.91. The van der Waals surface area contributed by atoms with Crippen molar-refractivity contribution in [2.24, 2.45) is 7.05 Å². The van der Waals surface area contributed by atoms with Crippen LogP contribution in [0.5, 0.6) is 0 Å². The summed E-state index contributed by atoms with van der Waals surface area (Å²) in [5.41, 5.74) is 5.48. The summed E-state index contributed by atoms with van der Waals surface area (Å²) in [5.74, 6) is -1.27. The molecule has 31 heavy (non-hydrogen) atoms. The van der Waals surface area contributed by atoms with Crippen molar-refractivity contribution in [1.82, 2.24) is 14.8 Å². The van der Waals surface area contributed by atoms with Gasteiger partial charge in [-0.2, -0.15) is 5.10 Å². The zero-order valence-corrected chi connectivity index (χ0v) is 17.0. The van der Waals surface area contributed by atoms with Crippen LogP contribution < -0.4 is 4.90 Å². The van der Waals surface area contributed by atoms with Gasteiger partial charge in [-0.1, -0.05) is 24.3 Å². The zero-order valence-electron chi connectivity index (χ0n) is 17.0. The minimum Gasteiger partial charge on any atom is -0.478 e. The summed E-state index contributed by atoms with van der Waals surface area (Å²) in [5, 5.41) is 15.2. The van der Waals surface area contributed by atoms with Gasteiger partial charge in [0, 0.05) is 32.1 Å². The van der Waals surface area contributed by atoms with Crippen molar-refractivity contribution in [2.45, 2.75) is 6.42 Å². The van der Waals surface area contributed by atoms with E-state index in [4.69, 9.17) is 5.10 Å². The van der Waals surface area contributed by atoms with Crippen LogP contribution in [-0.2, 0) is 13.5 Å². The van der Waals surface area contributed by atoms with Gasteiger partial charge in [0.1, 0.15) is 11.3 Å². The predicted octanol–water partition coefficient (Wildman–Crippen LogP) is 4.67. The maximum Gasteiger partial charge on any atom is 0.336 e. The lowest BCUT2D eigenvalue weighted by Gasteiger charge is -2.20. The van der Waals surface area contributed by atoms with Gasteiger partial charge in [0.05, 0.1) is 28.3 Å². The molecule has 0 unspecified atom stereocenters. The van der Waals surface area contributed by atoms with Gasteiger partial charge in [0.15, 0.2) is 0 Å². The van der Waals surface area contributed by atoms with Crippen LogP contribution in [0.15, 0.2) is 54.7 Å². The predicted molar refractivity (Wildman–Crippen MR) is 118 cm³/mol. The SMILES string of the molecule is CN(c1ccccc1F)c1cccc2c(C3=Cc4nccc(C(=O)O)c4C3)n(C)nc12. The third-order valence-corrected chi connectivity index (χ3v) is 5.72. The van der Waals surface area contributed by atoms with Crippen LogP contribution in [0.25, 0.3) is 22.6 Å². The third-order valence-electron chi connectivity index (χ3n) is 5.72. The monoisotopic (exact) mass is 414 g/mol. The molecule has 1 aliphatic rings. The van der Waals surface area contributed by atoms with Crippen molar-refractivity contribution < 1.29 is 14.3 Å². The Balaban J connectivity index is 1.62. The van der Waals surface area contributed by atoms with Crippen LogP contribution in [0.4, 0.5) is 15.8 Å². The van der Waals surface area contributed by atoms with E-state index < -0.39 is 5.97 Å². The number of halogens is 1. The number of hydrogen-bond donors (Lipinski definition) is 1. The number of nitrogens with zero attached hydrogens (tertiary/aromatic N) is 4. The minimum atomic E-state index is -0.961. The number of benzene rings is 2. The average molecular weight is 414 g/mol. The molecule has 0 aliphatic heterocycles. The first-order valence-electron chi connectivity index (χ1n) is 9.82. The fourth-order valence-corrected chi connectivity index (χ4v) is 4.28. The van der Waals surface area contributed by atoms with Crippen LogP contribution in [-0.4, -0.2) is 32.9 Å². The Labute approximate surface area is 177 Å². The lowest BCUT2D eigenvalue weighted by atomic mass is 10.0. The number of carboxylic acid groups (broad SMARTS) is 1. The van der Waals surface area contributed by atoms with E-state index in [2.05, 4.69) is 4.98 Å². The molecule has 7 heteroatoms. The summed E-state index contributed by atoms with van der Waals surface area (Å²) < 4.78 is 16.2. The number of allylic oxidation sites excluding steroid dienone is 1. The number of para-hydroxylation sites is 1. The van der Waals surface area contributed by atoms with Gasteiger partial charge in [-0.25, -0.2) is 9.18 Å². The molecule has 0 saturated carbocycles. The second-order valence-corrected chi connectivity index (χ2v) is 7.53. The lowest BCUT2D eigenvalue weighted by molar-refractivity contribution is 0.0695. The highest BCUT2D eigenvalue weighted by Gasteiger charge is 2.25. The van der Waals surface area contributed by atoms with Gasteiger partial charge in [0.2, 0.25) is 0 Å². The van der Waals surface area contributed by atoms with Crippen molar-refractivity contribution >= 4 is 39.9 Å². The fourth-order valence-electron chi connectivity index (χ4n) is 4.28.